The van der Waals surface area contributed by atoms with Gasteiger partial charge in [0.1, 0.15) is 6.04 Å². The van der Waals surface area contributed by atoms with E-state index in [4.69, 9.17) is 5.73 Å². The first-order valence-electron chi connectivity index (χ1n) is 7.77. The molecule has 5 nitrogen and oxygen atoms in total. The smallest absolute Gasteiger partial charge is 0.240 e. The predicted molar refractivity (Wildman–Crippen MR) is 101 cm³/mol. The van der Waals surface area contributed by atoms with Crippen molar-refractivity contribution in [3.8, 4) is 0 Å². The van der Waals surface area contributed by atoms with Crippen molar-refractivity contribution in [2.24, 2.45) is 5.73 Å². The van der Waals surface area contributed by atoms with Crippen LogP contribution >= 0.6 is 23.1 Å². The van der Waals surface area contributed by atoms with Crippen LogP contribution in [0.15, 0.2) is 47.8 Å². The van der Waals surface area contributed by atoms with Crippen LogP contribution < -0.4 is 11.1 Å². The lowest BCUT2D eigenvalue weighted by Crippen LogP contribution is -2.47. The minimum atomic E-state index is -0.778. The number of rotatable bonds is 8. The maximum absolute atomic E-state index is 12.8. The minimum Gasteiger partial charge on any atom is -0.368 e. The van der Waals surface area contributed by atoms with Gasteiger partial charge in [-0.3, -0.25) is 14.4 Å². The summed E-state index contributed by atoms with van der Waals surface area (Å²) in [4.78, 5) is 36.8. The van der Waals surface area contributed by atoms with Gasteiger partial charge < -0.3 is 11.1 Å². The monoisotopic (exact) mass is 376 g/mol. The number of nitrogens with two attached hydrogens (primary N) is 1. The zero-order valence-corrected chi connectivity index (χ0v) is 15.4. The highest BCUT2D eigenvalue weighted by molar-refractivity contribution is 8.13. The average Bonchev–Trinajstić information content (AvgIpc) is 3.08. The van der Waals surface area contributed by atoms with E-state index in [0.717, 1.165) is 22.2 Å². The summed E-state index contributed by atoms with van der Waals surface area (Å²) < 4.78 is 0. The zero-order chi connectivity index (χ0) is 18.2. The molecule has 0 aliphatic heterocycles. The van der Waals surface area contributed by atoms with Gasteiger partial charge in [0.25, 0.3) is 0 Å². The van der Waals surface area contributed by atoms with Crippen molar-refractivity contribution in [2.75, 3.05) is 5.75 Å². The third-order valence-corrected chi connectivity index (χ3v) is 5.42. The molecular weight excluding hydrogens is 356 g/mol. The van der Waals surface area contributed by atoms with Crippen LogP contribution in [0.2, 0.25) is 0 Å². The van der Waals surface area contributed by atoms with E-state index in [0.29, 0.717) is 12.2 Å². The number of thioether (sulfide) groups is 1. The Bertz CT molecular complexity index is 717. The molecule has 0 aliphatic rings. The molecule has 0 fully saturated rings. The number of hydrogen-bond donors (Lipinski definition) is 2. The Labute approximate surface area is 155 Å². The third kappa shape index (κ3) is 6.03. The molecule has 1 aromatic heterocycles. The van der Waals surface area contributed by atoms with E-state index < -0.39 is 17.9 Å². The SMILES string of the molecule is CC(=O)SC[C@@H](C(=O)N[C@@H](Cc1cccs1)C(N)=O)c1ccccc1. The topological polar surface area (TPSA) is 89.3 Å². The molecule has 0 spiro atoms. The second-order valence-electron chi connectivity index (χ2n) is 5.51. The van der Waals surface area contributed by atoms with Gasteiger partial charge in [0.05, 0.1) is 5.92 Å². The molecule has 7 heteroatoms. The van der Waals surface area contributed by atoms with E-state index in [9.17, 15) is 14.4 Å². The number of thiophene rings is 1. The summed E-state index contributed by atoms with van der Waals surface area (Å²) in [6, 6.07) is 12.2. The maximum atomic E-state index is 12.8. The fraction of sp³-hybridized carbons (Fsp3) is 0.278. The molecule has 25 heavy (non-hydrogen) atoms. The molecule has 3 N–H and O–H groups in total. The van der Waals surface area contributed by atoms with Crippen LogP contribution in [0.3, 0.4) is 0 Å². The minimum absolute atomic E-state index is 0.0567. The van der Waals surface area contributed by atoms with Gasteiger partial charge >= 0.3 is 0 Å². The van der Waals surface area contributed by atoms with Crippen molar-refractivity contribution in [1.29, 1.82) is 0 Å². The molecule has 0 saturated heterocycles. The number of carbonyl (C=O) groups excluding carboxylic acids is 3. The van der Waals surface area contributed by atoms with Gasteiger partial charge in [-0.05, 0) is 17.0 Å². The quantitative estimate of drug-likeness (QED) is 0.740. The standard InChI is InChI=1S/C18H20N2O3S2/c1-12(21)25-11-15(13-6-3-2-4-7-13)18(23)20-16(17(19)22)10-14-8-5-9-24-14/h2-9,15-16H,10-11H2,1H3,(H2,19,22)(H,20,23)/t15-,16+/m1/s1. The first-order chi connectivity index (χ1) is 12.0. The predicted octanol–water partition coefficient (Wildman–Crippen LogP) is 2.32. The first-order valence-corrected chi connectivity index (χ1v) is 9.64. The summed E-state index contributed by atoms with van der Waals surface area (Å²) in [5.41, 5.74) is 6.25. The highest BCUT2D eigenvalue weighted by Crippen LogP contribution is 2.22. The highest BCUT2D eigenvalue weighted by atomic mass is 32.2. The van der Waals surface area contributed by atoms with Gasteiger partial charge in [-0.25, -0.2) is 0 Å². The number of benzene rings is 1. The molecule has 2 aromatic rings. The van der Waals surface area contributed by atoms with Crippen LogP contribution in [0.1, 0.15) is 23.3 Å². The second-order valence-corrected chi connectivity index (χ2v) is 7.74. The molecule has 132 valence electrons. The Morgan fingerprint density at radius 2 is 1.88 bits per heavy atom. The molecule has 1 heterocycles. The number of nitrogens with one attached hydrogen (secondary N) is 1. The summed E-state index contributed by atoms with van der Waals surface area (Å²) in [7, 11) is 0. The lowest BCUT2D eigenvalue weighted by atomic mass is 9.99. The first kappa shape index (κ1) is 19.2. The third-order valence-electron chi connectivity index (χ3n) is 3.62. The van der Waals surface area contributed by atoms with Gasteiger partial charge in [0.15, 0.2) is 5.12 Å². The van der Waals surface area contributed by atoms with Crippen LogP contribution in [0.4, 0.5) is 0 Å². The largest absolute Gasteiger partial charge is 0.368 e. The highest BCUT2D eigenvalue weighted by Gasteiger charge is 2.26. The molecule has 2 amide bonds. The fourth-order valence-corrected chi connectivity index (χ4v) is 3.83. The van der Waals surface area contributed by atoms with Crippen LogP contribution in [-0.2, 0) is 20.8 Å². The summed E-state index contributed by atoms with van der Waals surface area (Å²) in [6.07, 6.45) is 0.361. The maximum Gasteiger partial charge on any atom is 0.240 e. The normalized spacial score (nSPS) is 13.0. The summed E-state index contributed by atoms with van der Waals surface area (Å²) >= 11 is 2.60. The van der Waals surface area contributed by atoms with Crippen molar-refractivity contribution in [3.63, 3.8) is 0 Å². The van der Waals surface area contributed by atoms with E-state index in [-0.39, 0.29) is 11.0 Å². The van der Waals surface area contributed by atoms with Gasteiger partial charge in [0, 0.05) is 24.0 Å². The Kier molecular flexibility index (Phi) is 7.21. The fourth-order valence-electron chi connectivity index (χ4n) is 2.33. The molecule has 2 rings (SSSR count). The average molecular weight is 377 g/mol. The van der Waals surface area contributed by atoms with Crippen molar-refractivity contribution in [3.05, 3.63) is 58.3 Å². The molecular formula is C18H20N2O3S2. The molecule has 0 bridgehead atoms. The lowest BCUT2D eigenvalue weighted by molar-refractivity contribution is -0.127. The van der Waals surface area contributed by atoms with E-state index >= 15 is 0 Å². The van der Waals surface area contributed by atoms with Crippen molar-refractivity contribution < 1.29 is 14.4 Å². The summed E-state index contributed by atoms with van der Waals surface area (Å²) in [5, 5.41) is 4.60. The van der Waals surface area contributed by atoms with Crippen molar-refractivity contribution >= 4 is 40.0 Å². The number of carbonyl (C=O) groups is 3. The Balaban J connectivity index is 2.13. The second kappa shape index (κ2) is 9.39. The van der Waals surface area contributed by atoms with E-state index in [1.54, 1.807) is 0 Å². The van der Waals surface area contributed by atoms with E-state index in [2.05, 4.69) is 5.32 Å². The van der Waals surface area contributed by atoms with Crippen LogP contribution in [0, 0.1) is 0 Å². The number of amides is 2. The van der Waals surface area contributed by atoms with Gasteiger partial charge in [-0.15, -0.1) is 11.3 Å². The van der Waals surface area contributed by atoms with Gasteiger partial charge in [-0.2, -0.15) is 0 Å². The zero-order valence-electron chi connectivity index (χ0n) is 13.8. The Morgan fingerprint density at radius 1 is 1.16 bits per heavy atom. The Hall–Kier alpha value is -2.12. The molecule has 0 radical (unpaired) electrons. The molecule has 2 atom stereocenters. The number of primary amides is 1. The lowest BCUT2D eigenvalue weighted by Gasteiger charge is -2.20. The van der Waals surface area contributed by atoms with Crippen molar-refractivity contribution in [2.45, 2.75) is 25.3 Å². The van der Waals surface area contributed by atoms with E-state index in [1.165, 1.54) is 18.3 Å². The molecule has 0 aliphatic carbocycles. The van der Waals surface area contributed by atoms with Crippen LogP contribution in [-0.4, -0.2) is 28.7 Å². The van der Waals surface area contributed by atoms with E-state index in [1.807, 2.05) is 47.8 Å². The molecule has 0 saturated carbocycles. The summed E-state index contributed by atoms with van der Waals surface area (Å²) in [6.45, 7) is 1.47. The molecule has 0 unspecified atom stereocenters. The summed E-state index contributed by atoms with van der Waals surface area (Å²) in [5.74, 6) is -1.09. The Morgan fingerprint density at radius 3 is 2.44 bits per heavy atom. The number of hydrogen-bond acceptors (Lipinski definition) is 5. The van der Waals surface area contributed by atoms with Crippen LogP contribution in [0.5, 0.6) is 0 Å². The van der Waals surface area contributed by atoms with Gasteiger partial charge in [-0.1, -0.05) is 48.2 Å². The van der Waals surface area contributed by atoms with Gasteiger partial charge in [0.2, 0.25) is 11.8 Å². The van der Waals surface area contributed by atoms with Crippen LogP contribution in [0.25, 0.3) is 0 Å². The van der Waals surface area contributed by atoms with Crippen molar-refractivity contribution in [1.82, 2.24) is 5.32 Å². The molecule has 1 aromatic carbocycles.